The predicted octanol–water partition coefficient (Wildman–Crippen LogP) is 2.76. The number of hydrogen-bond donors (Lipinski definition) is 0. The molecule has 0 N–H and O–H groups in total. The van der Waals surface area contributed by atoms with Gasteiger partial charge in [0.25, 0.3) is 6.54 Å². The highest BCUT2D eigenvalue weighted by Gasteiger charge is 2.10. The Kier molecular flexibility index (Phi) is 2.26. The Labute approximate surface area is 90.3 Å². The predicted molar refractivity (Wildman–Crippen MR) is 58.7 cm³/mol. The van der Waals surface area contributed by atoms with E-state index in [9.17, 15) is 0 Å². The van der Waals surface area contributed by atoms with Gasteiger partial charge in [-0.1, -0.05) is 15.9 Å². The van der Waals surface area contributed by atoms with Crippen LogP contribution >= 0.6 is 15.9 Å². The Morgan fingerprint density at radius 2 is 2.36 bits per heavy atom. The Bertz CT molecular complexity index is 522. The number of aryl methyl sites for hydroxylation is 1. The average Bonchev–Trinajstić information content (AvgIpc) is 2.44. The summed E-state index contributed by atoms with van der Waals surface area (Å²) >= 11 is 3.41. The van der Waals surface area contributed by atoms with E-state index in [1.165, 1.54) is 0 Å². The molecular formula is C10H8BrN3. The number of fused-ring (bicyclic) bond motifs is 1. The summed E-state index contributed by atoms with van der Waals surface area (Å²) in [6.45, 7) is 7.18. The lowest BCUT2D eigenvalue weighted by molar-refractivity contribution is 0.776. The summed E-state index contributed by atoms with van der Waals surface area (Å²) in [5, 5.41) is 5.36. The molecule has 1 aromatic carbocycles. The molecule has 0 aliphatic heterocycles. The van der Waals surface area contributed by atoms with Gasteiger partial charge in [0.05, 0.1) is 5.52 Å². The lowest BCUT2D eigenvalue weighted by atomic mass is 10.2. The fraction of sp³-hybridized carbons (Fsp3) is 0.200. The van der Waals surface area contributed by atoms with Crippen LogP contribution in [0.4, 0.5) is 0 Å². The molecule has 2 aromatic rings. The monoisotopic (exact) mass is 249 g/mol. The van der Waals surface area contributed by atoms with E-state index in [0.29, 0.717) is 6.54 Å². The highest BCUT2D eigenvalue weighted by Crippen LogP contribution is 2.22. The maximum Gasteiger partial charge on any atom is 0.258 e. The van der Waals surface area contributed by atoms with E-state index < -0.39 is 0 Å². The third kappa shape index (κ3) is 1.40. The van der Waals surface area contributed by atoms with Gasteiger partial charge < -0.3 is 4.85 Å². The van der Waals surface area contributed by atoms with Gasteiger partial charge in [0.1, 0.15) is 5.69 Å². The van der Waals surface area contributed by atoms with E-state index in [-0.39, 0.29) is 0 Å². The van der Waals surface area contributed by atoms with Crippen LogP contribution in [0.3, 0.4) is 0 Å². The Balaban J connectivity index is 2.74. The Morgan fingerprint density at radius 3 is 3.07 bits per heavy atom. The number of nitrogens with zero attached hydrogens (tertiary/aromatic N) is 3. The molecule has 14 heavy (non-hydrogen) atoms. The summed E-state index contributed by atoms with van der Waals surface area (Å²) in [6, 6.07) is 5.98. The topological polar surface area (TPSA) is 22.2 Å². The second-order valence-corrected chi connectivity index (χ2v) is 3.96. The molecule has 4 heteroatoms. The summed E-state index contributed by atoms with van der Waals surface area (Å²) in [5.74, 6) is 0. The Morgan fingerprint density at radius 1 is 1.57 bits per heavy atom. The van der Waals surface area contributed by atoms with Crippen molar-refractivity contribution in [2.45, 2.75) is 6.54 Å². The van der Waals surface area contributed by atoms with Crippen LogP contribution in [0.15, 0.2) is 22.7 Å². The SMILES string of the molecule is [C-]#[N+]Cc1nn(C)c2ccc(Br)cc12. The van der Waals surface area contributed by atoms with Gasteiger partial charge in [-0.25, -0.2) is 6.57 Å². The fourth-order valence-corrected chi connectivity index (χ4v) is 1.86. The van der Waals surface area contributed by atoms with E-state index in [0.717, 1.165) is 21.1 Å². The smallest absolute Gasteiger partial charge is 0.258 e. The summed E-state index contributed by atoms with van der Waals surface area (Å²) < 4.78 is 2.83. The second kappa shape index (κ2) is 3.43. The minimum absolute atomic E-state index is 0.341. The van der Waals surface area contributed by atoms with E-state index in [2.05, 4.69) is 25.9 Å². The average molecular weight is 250 g/mol. The molecule has 0 fully saturated rings. The molecule has 0 saturated heterocycles. The van der Waals surface area contributed by atoms with Crippen LogP contribution in [0.1, 0.15) is 5.69 Å². The third-order valence-electron chi connectivity index (χ3n) is 2.12. The first kappa shape index (κ1) is 9.22. The summed E-state index contributed by atoms with van der Waals surface area (Å²) in [6.07, 6.45) is 0. The van der Waals surface area contributed by atoms with Gasteiger partial charge in [-0.05, 0) is 18.2 Å². The first-order valence-electron chi connectivity index (χ1n) is 4.16. The van der Waals surface area contributed by atoms with Gasteiger partial charge in [0.2, 0.25) is 0 Å². The number of halogens is 1. The summed E-state index contributed by atoms with van der Waals surface area (Å²) in [7, 11) is 1.89. The minimum atomic E-state index is 0.341. The number of hydrogen-bond acceptors (Lipinski definition) is 1. The number of benzene rings is 1. The van der Waals surface area contributed by atoms with Crippen LogP contribution in [0.2, 0.25) is 0 Å². The molecule has 0 radical (unpaired) electrons. The molecule has 70 valence electrons. The largest absolute Gasteiger partial charge is 0.310 e. The van der Waals surface area contributed by atoms with Crippen molar-refractivity contribution in [1.29, 1.82) is 0 Å². The maximum absolute atomic E-state index is 6.84. The van der Waals surface area contributed by atoms with Crippen LogP contribution in [-0.2, 0) is 13.6 Å². The molecule has 0 aliphatic carbocycles. The molecule has 2 rings (SSSR count). The molecule has 0 unspecified atom stereocenters. The zero-order valence-corrected chi connectivity index (χ0v) is 9.24. The normalized spacial score (nSPS) is 10.4. The summed E-state index contributed by atoms with van der Waals surface area (Å²) in [4.78, 5) is 3.36. The quantitative estimate of drug-likeness (QED) is 0.713. The maximum atomic E-state index is 6.84. The van der Waals surface area contributed by atoms with Crippen LogP contribution < -0.4 is 0 Å². The zero-order chi connectivity index (χ0) is 10.1. The van der Waals surface area contributed by atoms with E-state index in [1.54, 1.807) is 0 Å². The van der Waals surface area contributed by atoms with Gasteiger partial charge in [-0.15, -0.1) is 0 Å². The van der Waals surface area contributed by atoms with E-state index in [1.807, 2.05) is 29.9 Å². The van der Waals surface area contributed by atoms with Crippen molar-refractivity contribution in [2.24, 2.45) is 7.05 Å². The number of rotatable bonds is 1. The second-order valence-electron chi connectivity index (χ2n) is 3.05. The fourth-order valence-electron chi connectivity index (χ4n) is 1.50. The molecule has 0 amide bonds. The molecule has 3 nitrogen and oxygen atoms in total. The molecule has 0 bridgehead atoms. The van der Waals surface area contributed by atoms with Crippen molar-refractivity contribution in [2.75, 3.05) is 0 Å². The van der Waals surface area contributed by atoms with Gasteiger partial charge in [0, 0.05) is 16.9 Å². The molecule has 0 aliphatic rings. The molecule has 0 atom stereocenters. The molecule has 0 spiro atoms. The Hall–Kier alpha value is -1.34. The van der Waals surface area contributed by atoms with Gasteiger partial charge >= 0.3 is 0 Å². The van der Waals surface area contributed by atoms with Crippen molar-refractivity contribution in [3.63, 3.8) is 0 Å². The van der Waals surface area contributed by atoms with Crippen molar-refractivity contribution in [1.82, 2.24) is 9.78 Å². The summed E-state index contributed by atoms with van der Waals surface area (Å²) in [5.41, 5.74) is 1.91. The van der Waals surface area contributed by atoms with Crippen LogP contribution in [0.5, 0.6) is 0 Å². The highest BCUT2D eigenvalue weighted by molar-refractivity contribution is 9.10. The standard InChI is InChI=1S/C10H8BrN3/c1-12-6-9-8-5-7(11)3-4-10(8)14(2)13-9/h3-5H,6H2,2H3. The van der Waals surface area contributed by atoms with Crippen molar-refractivity contribution in [3.05, 3.63) is 39.8 Å². The first-order valence-corrected chi connectivity index (χ1v) is 4.96. The van der Waals surface area contributed by atoms with E-state index >= 15 is 0 Å². The highest BCUT2D eigenvalue weighted by atomic mass is 79.9. The molecule has 0 saturated carbocycles. The molecule has 1 aromatic heterocycles. The zero-order valence-electron chi connectivity index (χ0n) is 7.66. The minimum Gasteiger partial charge on any atom is -0.310 e. The molecular weight excluding hydrogens is 242 g/mol. The van der Waals surface area contributed by atoms with Crippen LogP contribution in [-0.4, -0.2) is 9.78 Å². The van der Waals surface area contributed by atoms with Crippen LogP contribution in [0.25, 0.3) is 15.7 Å². The number of aromatic nitrogens is 2. The van der Waals surface area contributed by atoms with Crippen LogP contribution in [0, 0.1) is 6.57 Å². The first-order chi connectivity index (χ1) is 6.72. The van der Waals surface area contributed by atoms with Crippen molar-refractivity contribution < 1.29 is 0 Å². The lowest BCUT2D eigenvalue weighted by Crippen LogP contribution is -1.90. The molecule has 1 heterocycles. The van der Waals surface area contributed by atoms with Gasteiger partial charge in [-0.2, -0.15) is 5.10 Å². The van der Waals surface area contributed by atoms with Gasteiger partial charge in [-0.3, -0.25) is 4.68 Å². The van der Waals surface area contributed by atoms with E-state index in [4.69, 9.17) is 6.57 Å². The van der Waals surface area contributed by atoms with Crippen molar-refractivity contribution in [3.8, 4) is 0 Å². The lowest BCUT2D eigenvalue weighted by Gasteiger charge is -1.93. The van der Waals surface area contributed by atoms with Crippen molar-refractivity contribution >= 4 is 26.8 Å². The van der Waals surface area contributed by atoms with Gasteiger partial charge in [0.15, 0.2) is 0 Å². The third-order valence-corrected chi connectivity index (χ3v) is 2.61.